The third-order valence-electron chi connectivity index (χ3n) is 4.03. The van der Waals surface area contributed by atoms with Crippen LogP contribution in [0.1, 0.15) is 49.2 Å². The third kappa shape index (κ3) is 4.80. The highest BCUT2D eigenvalue weighted by Crippen LogP contribution is 2.23. The van der Waals surface area contributed by atoms with Crippen molar-refractivity contribution in [3.05, 3.63) is 71.8 Å². The quantitative estimate of drug-likeness (QED) is 0.757. The van der Waals surface area contributed by atoms with Crippen molar-refractivity contribution >= 4 is 23.1 Å². The fourth-order valence-corrected chi connectivity index (χ4v) is 2.51. The first kappa shape index (κ1) is 18.5. The molecule has 0 heterocycles. The van der Waals surface area contributed by atoms with Crippen molar-refractivity contribution in [2.75, 3.05) is 5.32 Å². The maximum Gasteiger partial charge on any atom is 0.319 e. The Hall–Kier alpha value is -2.88. The number of urea groups is 1. The van der Waals surface area contributed by atoms with E-state index in [0.717, 1.165) is 16.7 Å². The summed E-state index contributed by atoms with van der Waals surface area (Å²) in [6, 6.07) is 14.5. The predicted octanol–water partition coefficient (Wildman–Crippen LogP) is 4.98. The molecule has 25 heavy (non-hydrogen) atoms. The molecule has 0 aliphatic carbocycles. The number of rotatable bonds is 5. The normalized spacial score (nSPS) is 10.9. The molecule has 0 saturated heterocycles. The molecule has 0 unspecified atom stereocenters. The summed E-state index contributed by atoms with van der Waals surface area (Å²) >= 11 is 0. The van der Waals surface area contributed by atoms with Crippen molar-refractivity contribution in [3.63, 3.8) is 0 Å². The van der Waals surface area contributed by atoms with Crippen LogP contribution < -0.4 is 10.6 Å². The van der Waals surface area contributed by atoms with Gasteiger partial charge in [0, 0.05) is 11.3 Å². The zero-order valence-corrected chi connectivity index (χ0v) is 15.1. The van der Waals surface area contributed by atoms with Gasteiger partial charge in [-0.25, -0.2) is 4.79 Å². The molecule has 0 spiro atoms. The standard InChI is InChI=1S/C21H24N2O2/c1-14(2)16-8-6-10-18(12-16)21(4,5)23-20(25)22-19-11-7-9-17(13-19)15(3)24/h6-13H,1H2,2-5H3,(H2,22,23,25). The summed E-state index contributed by atoms with van der Waals surface area (Å²) in [7, 11) is 0. The number of amides is 2. The maximum atomic E-state index is 12.4. The number of anilines is 1. The lowest BCUT2D eigenvalue weighted by molar-refractivity contribution is 0.101. The predicted molar refractivity (Wildman–Crippen MR) is 103 cm³/mol. The number of carbonyl (C=O) groups excluding carboxylic acids is 2. The minimum Gasteiger partial charge on any atom is -0.329 e. The van der Waals surface area contributed by atoms with Crippen LogP contribution in [0.15, 0.2) is 55.1 Å². The van der Waals surface area contributed by atoms with Crippen LogP contribution in [0, 0.1) is 0 Å². The van der Waals surface area contributed by atoms with Gasteiger partial charge in [0.2, 0.25) is 0 Å². The Morgan fingerprint density at radius 3 is 2.24 bits per heavy atom. The van der Waals surface area contributed by atoms with Gasteiger partial charge in [-0.15, -0.1) is 0 Å². The van der Waals surface area contributed by atoms with E-state index >= 15 is 0 Å². The summed E-state index contributed by atoms with van der Waals surface area (Å²) < 4.78 is 0. The fraction of sp³-hybridized carbons (Fsp3) is 0.238. The second-order valence-electron chi connectivity index (χ2n) is 6.70. The molecule has 0 aliphatic rings. The van der Waals surface area contributed by atoms with Crippen LogP contribution in [0.5, 0.6) is 0 Å². The SMILES string of the molecule is C=C(C)c1cccc(C(C)(C)NC(=O)Nc2cccc(C(C)=O)c2)c1. The Morgan fingerprint density at radius 1 is 0.960 bits per heavy atom. The largest absolute Gasteiger partial charge is 0.329 e. The molecule has 0 bridgehead atoms. The molecule has 2 N–H and O–H groups in total. The van der Waals surface area contributed by atoms with Crippen LogP contribution in [-0.2, 0) is 5.54 Å². The first-order valence-corrected chi connectivity index (χ1v) is 8.15. The van der Waals surface area contributed by atoms with Gasteiger partial charge >= 0.3 is 6.03 Å². The number of ketones is 1. The van der Waals surface area contributed by atoms with Gasteiger partial charge in [-0.3, -0.25) is 4.79 Å². The lowest BCUT2D eigenvalue weighted by Crippen LogP contribution is -2.43. The molecule has 130 valence electrons. The Balaban J connectivity index is 2.13. The van der Waals surface area contributed by atoms with Gasteiger partial charge in [0.25, 0.3) is 0 Å². The summed E-state index contributed by atoms with van der Waals surface area (Å²) in [6.07, 6.45) is 0. The van der Waals surface area contributed by atoms with Gasteiger partial charge < -0.3 is 10.6 Å². The maximum absolute atomic E-state index is 12.4. The second-order valence-corrected chi connectivity index (χ2v) is 6.70. The minimum absolute atomic E-state index is 0.0407. The molecule has 4 nitrogen and oxygen atoms in total. The average molecular weight is 336 g/mol. The first-order chi connectivity index (χ1) is 11.7. The number of nitrogens with one attached hydrogen (secondary N) is 2. The van der Waals surface area contributed by atoms with E-state index in [2.05, 4.69) is 17.2 Å². The molecule has 0 aromatic heterocycles. The lowest BCUT2D eigenvalue weighted by atomic mass is 9.92. The summed E-state index contributed by atoms with van der Waals surface area (Å²) in [5, 5.41) is 5.75. The van der Waals surface area contributed by atoms with E-state index in [9.17, 15) is 9.59 Å². The molecule has 0 fully saturated rings. The van der Waals surface area contributed by atoms with Gasteiger partial charge in [-0.1, -0.05) is 42.5 Å². The van der Waals surface area contributed by atoms with Gasteiger partial charge in [0.15, 0.2) is 5.78 Å². The molecule has 2 rings (SSSR count). The summed E-state index contributed by atoms with van der Waals surface area (Å²) in [5.41, 5.74) is 3.59. The number of carbonyl (C=O) groups is 2. The fourth-order valence-electron chi connectivity index (χ4n) is 2.51. The highest BCUT2D eigenvalue weighted by molar-refractivity contribution is 5.96. The smallest absolute Gasteiger partial charge is 0.319 e. The number of hydrogen-bond donors (Lipinski definition) is 2. The number of hydrogen-bond acceptors (Lipinski definition) is 2. The molecular formula is C21H24N2O2. The van der Waals surface area contributed by atoms with E-state index in [1.807, 2.05) is 45.0 Å². The Labute approximate surface area is 149 Å². The monoisotopic (exact) mass is 336 g/mol. The molecule has 0 saturated carbocycles. The van der Waals surface area contributed by atoms with Crippen LogP contribution in [0.2, 0.25) is 0 Å². The highest BCUT2D eigenvalue weighted by atomic mass is 16.2. The molecule has 4 heteroatoms. The van der Waals surface area contributed by atoms with Crippen molar-refractivity contribution in [1.29, 1.82) is 0 Å². The van der Waals surface area contributed by atoms with Crippen molar-refractivity contribution in [2.24, 2.45) is 0 Å². The first-order valence-electron chi connectivity index (χ1n) is 8.15. The van der Waals surface area contributed by atoms with Crippen molar-refractivity contribution in [2.45, 2.75) is 33.2 Å². The molecule has 0 radical (unpaired) electrons. The zero-order chi connectivity index (χ0) is 18.6. The van der Waals surface area contributed by atoms with Gasteiger partial charge in [-0.05, 0) is 57.0 Å². The van der Waals surface area contributed by atoms with Crippen molar-refractivity contribution < 1.29 is 9.59 Å². The zero-order valence-electron chi connectivity index (χ0n) is 15.1. The third-order valence-corrected chi connectivity index (χ3v) is 4.03. The summed E-state index contributed by atoms with van der Waals surface area (Å²) in [4.78, 5) is 23.8. The van der Waals surface area contributed by atoms with E-state index in [1.165, 1.54) is 6.92 Å². The van der Waals surface area contributed by atoms with Gasteiger partial charge in [0.05, 0.1) is 5.54 Å². The molecule has 0 atom stereocenters. The second kappa shape index (κ2) is 7.34. The van der Waals surface area contributed by atoms with Gasteiger partial charge in [-0.2, -0.15) is 0 Å². The Bertz CT molecular complexity index is 822. The molecule has 2 amide bonds. The van der Waals surface area contributed by atoms with E-state index in [1.54, 1.807) is 24.3 Å². The highest BCUT2D eigenvalue weighted by Gasteiger charge is 2.23. The Kier molecular flexibility index (Phi) is 5.42. The average Bonchev–Trinajstić information content (AvgIpc) is 2.54. The van der Waals surface area contributed by atoms with Crippen LogP contribution in [0.3, 0.4) is 0 Å². The number of Topliss-reactive ketones (excluding diaryl/α,β-unsaturated/α-hetero) is 1. The molecule has 2 aromatic carbocycles. The topological polar surface area (TPSA) is 58.2 Å². The number of allylic oxidation sites excluding steroid dienone is 1. The van der Waals surface area contributed by atoms with Crippen LogP contribution >= 0.6 is 0 Å². The van der Waals surface area contributed by atoms with E-state index in [0.29, 0.717) is 11.3 Å². The Morgan fingerprint density at radius 2 is 1.60 bits per heavy atom. The van der Waals surface area contributed by atoms with E-state index < -0.39 is 5.54 Å². The van der Waals surface area contributed by atoms with Crippen LogP contribution in [0.25, 0.3) is 5.57 Å². The minimum atomic E-state index is -0.562. The van der Waals surface area contributed by atoms with Crippen LogP contribution in [-0.4, -0.2) is 11.8 Å². The molecular weight excluding hydrogens is 312 g/mol. The van der Waals surface area contributed by atoms with Gasteiger partial charge in [0.1, 0.15) is 0 Å². The van der Waals surface area contributed by atoms with E-state index in [4.69, 9.17) is 0 Å². The van der Waals surface area contributed by atoms with Crippen molar-refractivity contribution in [3.8, 4) is 0 Å². The molecule has 2 aromatic rings. The van der Waals surface area contributed by atoms with Crippen molar-refractivity contribution in [1.82, 2.24) is 5.32 Å². The van der Waals surface area contributed by atoms with E-state index in [-0.39, 0.29) is 11.8 Å². The summed E-state index contributed by atoms with van der Waals surface area (Å²) in [6.45, 7) is 11.3. The molecule has 0 aliphatic heterocycles. The summed E-state index contributed by atoms with van der Waals surface area (Å²) in [5.74, 6) is -0.0407. The number of benzene rings is 2. The lowest BCUT2D eigenvalue weighted by Gasteiger charge is -2.27. The van der Waals surface area contributed by atoms with Crippen LogP contribution in [0.4, 0.5) is 10.5 Å².